The molecule has 0 saturated carbocycles. The highest BCUT2D eigenvalue weighted by molar-refractivity contribution is 14.0. The molecule has 0 spiro atoms. The smallest absolute Gasteiger partial charge is 0.191 e. The number of hydrogen-bond acceptors (Lipinski definition) is 5. The molecule has 1 saturated heterocycles. The number of thiophene rings is 1. The Kier molecular flexibility index (Phi) is 9.26. The lowest BCUT2D eigenvalue weighted by atomic mass is 10.2. The number of anilines is 1. The van der Waals surface area contributed by atoms with Crippen LogP contribution in [-0.2, 0) is 0 Å². The molecule has 2 N–H and O–H groups in total. The number of aliphatic imine (C=N–C) groups is 1. The molecule has 0 bridgehead atoms. The van der Waals surface area contributed by atoms with Crippen LogP contribution in [0.4, 0.5) is 5.82 Å². The van der Waals surface area contributed by atoms with Gasteiger partial charge in [-0.1, -0.05) is 17.7 Å². The molecule has 2 unspecified atom stereocenters. The average molecular weight is 535 g/mol. The van der Waals surface area contributed by atoms with Crippen LogP contribution in [-0.4, -0.2) is 62.7 Å². The van der Waals surface area contributed by atoms with Gasteiger partial charge in [0.2, 0.25) is 0 Å². The Hall–Kier alpha value is -1.10. The fourth-order valence-electron chi connectivity index (χ4n) is 3.28. The summed E-state index contributed by atoms with van der Waals surface area (Å²) in [5.41, 5.74) is 0. The number of aromatic nitrogens is 1. The second kappa shape index (κ2) is 11.2. The maximum absolute atomic E-state index is 6.28. The highest BCUT2D eigenvalue weighted by Gasteiger charge is 2.25. The molecule has 154 valence electrons. The van der Waals surface area contributed by atoms with Gasteiger partial charge in [0.25, 0.3) is 0 Å². The molecular weight excluding hydrogens is 507 g/mol. The van der Waals surface area contributed by atoms with E-state index in [2.05, 4.69) is 62.0 Å². The van der Waals surface area contributed by atoms with E-state index < -0.39 is 0 Å². The number of nitrogens with one attached hydrogen (secondary N) is 2. The van der Waals surface area contributed by atoms with Crippen molar-refractivity contribution in [2.45, 2.75) is 18.5 Å². The van der Waals surface area contributed by atoms with Crippen molar-refractivity contribution in [3.8, 4) is 0 Å². The first kappa shape index (κ1) is 23.2. The van der Waals surface area contributed by atoms with Crippen molar-refractivity contribution in [2.24, 2.45) is 4.99 Å². The van der Waals surface area contributed by atoms with E-state index in [0.717, 1.165) is 37.8 Å². The number of hydrogen-bond donors (Lipinski definition) is 2. The summed E-state index contributed by atoms with van der Waals surface area (Å²) in [5.74, 6) is 1.69. The summed E-state index contributed by atoms with van der Waals surface area (Å²) in [4.78, 5) is 14.6. The van der Waals surface area contributed by atoms with Crippen molar-refractivity contribution in [1.82, 2.24) is 20.5 Å². The molecule has 1 aliphatic rings. The van der Waals surface area contributed by atoms with Gasteiger partial charge in [-0.05, 0) is 44.1 Å². The van der Waals surface area contributed by atoms with Crippen LogP contribution < -0.4 is 15.5 Å². The fourth-order valence-corrected chi connectivity index (χ4v) is 4.44. The van der Waals surface area contributed by atoms with Crippen LogP contribution in [0.2, 0.25) is 5.02 Å². The zero-order valence-corrected chi connectivity index (χ0v) is 20.3. The van der Waals surface area contributed by atoms with E-state index in [-0.39, 0.29) is 24.0 Å². The quantitative estimate of drug-likeness (QED) is 0.338. The Bertz CT molecular complexity index is 755. The Morgan fingerprint density at radius 3 is 2.89 bits per heavy atom. The third kappa shape index (κ3) is 5.95. The van der Waals surface area contributed by atoms with Crippen molar-refractivity contribution >= 4 is 58.7 Å². The first-order valence-electron chi connectivity index (χ1n) is 9.11. The second-order valence-corrected chi connectivity index (χ2v) is 8.22. The fraction of sp³-hybridized carbons (Fsp3) is 0.474. The third-order valence-electron chi connectivity index (χ3n) is 4.75. The first-order chi connectivity index (χ1) is 13.1. The maximum Gasteiger partial charge on any atom is 0.191 e. The summed E-state index contributed by atoms with van der Waals surface area (Å²) < 4.78 is 0. The lowest BCUT2D eigenvalue weighted by molar-refractivity contribution is 0.302. The summed E-state index contributed by atoms with van der Waals surface area (Å²) in [6, 6.07) is 8.65. The number of pyridine rings is 1. The molecule has 6 nitrogen and oxygen atoms in total. The summed E-state index contributed by atoms with van der Waals surface area (Å²) in [7, 11) is 6.02. The molecule has 28 heavy (non-hydrogen) atoms. The number of nitrogens with zero attached hydrogens (tertiary/aromatic N) is 4. The monoisotopic (exact) mass is 534 g/mol. The van der Waals surface area contributed by atoms with E-state index in [1.807, 2.05) is 19.2 Å². The van der Waals surface area contributed by atoms with E-state index in [1.165, 1.54) is 4.88 Å². The minimum atomic E-state index is 0. The lowest BCUT2D eigenvalue weighted by Gasteiger charge is -2.25. The number of guanidine groups is 1. The SMILES string of the molecule is CN=C(NCC(c1cccs1)N(C)C)NC1CCN(c2ncccc2Cl)C1.I. The van der Waals surface area contributed by atoms with Gasteiger partial charge < -0.3 is 20.4 Å². The molecule has 1 fully saturated rings. The molecule has 9 heteroatoms. The molecule has 0 radical (unpaired) electrons. The maximum atomic E-state index is 6.28. The minimum absolute atomic E-state index is 0. The molecule has 0 amide bonds. The van der Waals surface area contributed by atoms with E-state index in [0.29, 0.717) is 17.1 Å². The summed E-state index contributed by atoms with van der Waals surface area (Å²) in [6.45, 7) is 2.59. The second-order valence-electron chi connectivity index (χ2n) is 6.83. The van der Waals surface area contributed by atoms with Gasteiger partial charge in [0, 0.05) is 43.8 Å². The van der Waals surface area contributed by atoms with Crippen molar-refractivity contribution in [1.29, 1.82) is 0 Å². The molecular formula is C19H28ClIN6S. The molecule has 2 aromatic heterocycles. The standard InChI is InChI=1S/C19H27ClN6S.HI/c1-21-19(23-12-16(25(2)3)17-7-5-11-27-17)24-14-8-10-26(13-14)18-15(20)6-4-9-22-18;/h4-7,9,11,14,16H,8,10,12-13H2,1-3H3,(H2,21,23,24);1H. The van der Waals surface area contributed by atoms with Gasteiger partial charge in [0.05, 0.1) is 11.1 Å². The highest BCUT2D eigenvalue weighted by atomic mass is 127. The molecule has 3 heterocycles. The molecule has 2 atom stereocenters. The topological polar surface area (TPSA) is 55.8 Å². The number of halogens is 2. The van der Waals surface area contributed by atoms with Gasteiger partial charge in [0.1, 0.15) is 5.82 Å². The Labute approximate surface area is 193 Å². The molecule has 0 aliphatic carbocycles. The summed E-state index contributed by atoms with van der Waals surface area (Å²) in [5, 5.41) is 9.83. The average Bonchev–Trinajstić information content (AvgIpc) is 3.33. The molecule has 1 aliphatic heterocycles. The summed E-state index contributed by atoms with van der Waals surface area (Å²) in [6.07, 6.45) is 2.81. The molecule has 2 aromatic rings. The van der Waals surface area contributed by atoms with Gasteiger partial charge in [0.15, 0.2) is 5.96 Å². The largest absolute Gasteiger partial charge is 0.354 e. The van der Waals surface area contributed by atoms with Crippen molar-refractivity contribution < 1.29 is 0 Å². The van der Waals surface area contributed by atoms with Gasteiger partial charge in [-0.2, -0.15) is 0 Å². The van der Waals surface area contributed by atoms with Crippen LogP contribution in [0.25, 0.3) is 0 Å². The van der Waals surface area contributed by atoms with Crippen LogP contribution in [0.1, 0.15) is 17.3 Å². The predicted octanol–water partition coefficient (Wildman–Crippen LogP) is 3.46. The van der Waals surface area contributed by atoms with Gasteiger partial charge in [-0.3, -0.25) is 4.99 Å². The van der Waals surface area contributed by atoms with Crippen LogP contribution in [0.3, 0.4) is 0 Å². The van der Waals surface area contributed by atoms with Crippen LogP contribution >= 0.6 is 46.9 Å². The van der Waals surface area contributed by atoms with E-state index in [9.17, 15) is 0 Å². The Morgan fingerprint density at radius 1 is 1.43 bits per heavy atom. The van der Waals surface area contributed by atoms with Gasteiger partial charge >= 0.3 is 0 Å². The van der Waals surface area contributed by atoms with E-state index >= 15 is 0 Å². The van der Waals surface area contributed by atoms with Gasteiger partial charge in [-0.15, -0.1) is 35.3 Å². The van der Waals surface area contributed by atoms with Gasteiger partial charge in [-0.25, -0.2) is 4.98 Å². The zero-order valence-electron chi connectivity index (χ0n) is 16.4. The normalized spacial score (nSPS) is 18.1. The minimum Gasteiger partial charge on any atom is -0.354 e. The Morgan fingerprint density at radius 2 is 2.25 bits per heavy atom. The Balaban J connectivity index is 0.00000280. The lowest BCUT2D eigenvalue weighted by Crippen LogP contribution is -2.46. The van der Waals surface area contributed by atoms with E-state index in [4.69, 9.17) is 11.6 Å². The first-order valence-corrected chi connectivity index (χ1v) is 10.4. The van der Waals surface area contributed by atoms with E-state index in [1.54, 1.807) is 17.5 Å². The highest BCUT2D eigenvalue weighted by Crippen LogP contribution is 2.26. The number of rotatable bonds is 6. The van der Waals surface area contributed by atoms with Crippen LogP contribution in [0.5, 0.6) is 0 Å². The summed E-state index contributed by atoms with van der Waals surface area (Å²) >= 11 is 8.07. The third-order valence-corrected chi connectivity index (χ3v) is 6.02. The predicted molar refractivity (Wildman–Crippen MR) is 131 cm³/mol. The zero-order chi connectivity index (χ0) is 19.2. The molecule has 3 rings (SSSR count). The molecule has 0 aromatic carbocycles. The van der Waals surface area contributed by atoms with Crippen molar-refractivity contribution in [2.75, 3.05) is 45.7 Å². The number of likely N-dealkylation sites (N-methyl/N-ethyl adjacent to an activating group) is 1. The van der Waals surface area contributed by atoms with Crippen molar-refractivity contribution in [3.63, 3.8) is 0 Å². The van der Waals surface area contributed by atoms with Crippen LogP contribution in [0.15, 0.2) is 40.8 Å². The van der Waals surface area contributed by atoms with Crippen LogP contribution in [0, 0.1) is 0 Å². The van der Waals surface area contributed by atoms with Crippen molar-refractivity contribution in [3.05, 3.63) is 45.7 Å².